The van der Waals surface area contributed by atoms with E-state index in [1.807, 2.05) is 30.3 Å². The lowest BCUT2D eigenvalue weighted by molar-refractivity contribution is -0.139. The second-order valence-electron chi connectivity index (χ2n) is 6.57. The minimum absolute atomic E-state index is 0.161. The lowest BCUT2D eigenvalue weighted by Gasteiger charge is -2.20. The summed E-state index contributed by atoms with van der Waals surface area (Å²) in [6, 6.07) is 13.3. The molecule has 0 saturated carbocycles. The molecule has 4 N–H and O–H groups in total. The molecule has 0 bridgehead atoms. The summed E-state index contributed by atoms with van der Waals surface area (Å²) in [4.78, 5) is 0. The number of alkyl halides is 3. The van der Waals surface area contributed by atoms with E-state index >= 15 is 0 Å². The molecule has 0 aliphatic heterocycles. The average Bonchev–Trinajstić information content (AvgIpc) is 2.70. The van der Waals surface area contributed by atoms with E-state index in [-0.39, 0.29) is 17.9 Å². The molecule has 2 aromatic carbocycles. The van der Waals surface area contributed by atoms with Crippen molar-refractivity contribution in [1.29, 1.82) is 0 Å². The molecule has 2 rings (SSSR count). The summed E-state index contributed by atoms with van der Waals surface area (Å²) >= 11 is 0. The van der Waals surface area contributed by atoms with Crippen LogP contribution in [0.15, 0.2) is 54.6 Å². The van der Waals surface area contributed by atoms with Crippen molar-refractivity contribution in [2.75, 3.05) is 19.8 Å². The Morgan fingerprint density at radius 3 is 2.29 bits per heavy atom. The van der Waals surface area contributed by atoms with Crippen molar-refractivity contribution < 1.29 is 28.1 Å². The Labute approximate surface area is 162 Å². The Kier molecular flexibility index (Phi) is 7.62. The monoisotopic (exact) mass is 395 g/mol. The van der Waals surface area contributed by atoms with E-state index in [0.29, 0.717) is 12.8 Å². The first-order valence-electron chi connectivity index (χ1n) is 8.85. The third kappa shape index (κ3) is 6.37. The molecule has 0 spiro atoms. The van der Waals surface area contributed by atoms with Gasteiger partial charge in [0.15, 0.2) is 0 Å². The molecule has 0 aliphatic rings. The van der Waals surface area contributed by atoms with Crippen LogP contribution in [0.1, 0.15) is 23.1 Å². The van der Waals surface area contributed by atoms with Crippen molar-refractivity contribution >= 4 is 6.08 Å². The molecule has 2 aromatic rings. The van der Waals surface area contributed by atoms with Crippen molar-refractivity contribution in [2.24, 2.45) is 5.73 Å². The lowest BCUT2D eigenvalue weighted by Crippen LogP contribution is -2.45. The summed E-state index contributed by atoms with van der Waals surface area (Å²) in [6.07, 6.45) is -0.661. The fraction of sp³-hybridized carbons (Fsp3) is 0.333. The van der Waals surface area contributed by atoms with E-state index in [1.165, 1.54) is 24.3 Å². The van der Waals surface area contributed by atoms with Gasteiger partial charge >= 0.3 is 6.18 Å². The number of halogens is 3. The fourth-order valence-corrected chi connectivity index (χ4v) is 2.52. The van der Waals surface area contributed by atoms with Crippen LogP contribution in [0.3, 0.4) is 0 Å². The molecule has 0 heterocycles. The number of hydrogen-bond acceptors (Lipinski definition) is 4. The Balaban J connectivity index is 2.08. The van der Waals surface area contributed by atoms with E-state index in [9.17, 15) is 13.2 Å². The topological polar surface area (TPSA) is 75.7 Å². The smallest absolute Gasteiger partial charge is 0.419 e. The molecule has 0 radical (unpaired) electrons. The Hall–Kier alpha value is -2.35. The first kappa shape index (κ1) is 21.9. The van der Waals surface area contributed by atoms with Crippen LogP contribution in [0, 0.1) is 0 Å². The van der Waals surface area contributed by atoms with Gasteiger partial charge in [0.05, 0.1) is 30.9 Å². The predicted octanol–water partition coefficient (Wildman–Crippen LogP) is 3.41. The van der Waals surface area contributed by atoms with Crippen LogP contribution in [0.5, 0.6) is 5.75 Å². The van der Waals surface area contributed by atoms with Gasteiger partial charge in [-0.1, -0.05) is 48.6 Å². The number of aliphatic hydroxyl groups excluding tert-OH is 2. The highest BCUT2D eigenvalue weighted by molar-refractivity contribution is 5.55. The minimum atomic E-state index is -4.58. The molecule has 0 aliphatic carbocycles. The Bertz CT molecular complexity index is 772. The Morgan fingerprint density at radius 1 is 1.00 bits per heavy atom. The maximum absolute atomic E-state index is 13.4. The van der Waals surface area contributed by atoms with E-state index in [2.05, 4.69) is 0 Å². The maximum Gasteiger partial charge on any atom is 0.419 e. The SMILES string of the molecule is NC(/C=C/c1ccc(OCCCc2ccccc2)c(C(F)(F)F)c1)(CO)CO. The van der Waals surface area contributed by atoms with E-state index in [0.717, 1.165) is 11.6 Å². The van der Waals surface area contributed by atoms with Gasteiger partial charge in [0.1, 0.15) is 5.75 Å². The van der Waals surface area contributed by atoms with Crippen LogP contribution >= 0.6 is 0 Å². The average molecular weight is 395 g/mol. The molecular formula is C21H24F3NO3. The predicted molar refractivity (Wildman–Crippen MR) is 102 cm³/mol. The molecule has 0 unspecified atom stereocenters. The first-order chi connectivity index (χ1) is 13.3. The number of benzene rings is 2. The van der Waals surface area contributed by atoms with Crippen molar-refractivity contribution in [3.63, 3.8) is 0 Å². The largest absolute Gasteiger partial charge is 0.493 e. The molecule has 0 amide bonds. The van der Waals surface area contributed by atoms with E-state index in [4.69, 9.17) is 20.7 Å². The van der Waals surface area contributed by atoms with Gasteiger partial charge < -0.3 is 20.7 Å². The van der Waals surface area contributed by atoms with Gasteiger partial charge in [0, 0.05) is 0 Å². The normalized spacial score (nSPS) is 12.5. The lowest BCUT2D eigenvalue weighted by atomic mass is 10.0. The van der Waals surface area contributed by atoms with Crippen molar-refractivity contribution in [1.82, 2.24) is 0 Å². The second-order valence-corrected chi connectivity index (χ2v) is 6.57. The first-order valence-corrected chi connectivity index (χ1v) is 8.85. The van der Waals surface area contributed by atoms with Crippen LogP contribution in [0.2, 0.25) is 0 Å². The summed E-state index contributed by atoms with van der Waals surface area (Å²) in [5.74, 6) is -0.235. The quantitative estimate of drug-likeness (QED) is 0.569. The van der Waals surface area contributed by atoms with Gasteiger partial charge in [-0.15, -0.1) is 0 Å². The zero-order chi connectivity index (χ0) is 20.6. The van der Waals surface area contributed by atoms with Crippen molar-refractivity contribution in [3.8, 4) is 5.75 Å². The standard InChI is InChI=1S/C21H24F3NO3/c22-21(23,24)18-13-17(10-11-20(25,14-26)15-27)8-9-19(18)28-12-4-7-16-5-2-1-3-6-16/h1-3,5-6,8-11,13,26-27H,4,7,12,14-15,25H2/b11-10+. The van der Waals surface area contributed by atoms with Crippen LogP contribution in [0.4, 0.5) is 13.2 Å². The van der Waals surface area contributed by atoms with E-state index in [1.54, 1.807) is 0 Å². The third-order valence-electron chi connectivity index (χ3n) is 4.22. The van der Waals surface area contributed by atoms with Gasteiger partial charge in [-0.3, -0.25) is 0 Å². The number of aryl methyl sites for hydroxylation is 1. The minimum Gasteiger partial charge on any atom is -0.493 e. The third-order valence-corrected chi connectivity index (χ3v) is 4.22. The molecule has 0 atom stereocenters. The van der Waals surface area contributed by atoms with Crippen molar-refractivity contribution in [2.45, 2.75) is 24.6 Å². The Morgan fingerprint density at radius 2 is 1.68 bits per heavy atom. The summed E-state index contributed by atoms with van der Waals surface area (Å²) < 4.78 is 45.6. The summed E-state index contributed by atoms with van der Waals surface area (Å²) in [7, 11) is 0. The molecule has 0 fully saturated rings. The zero-order valence-electron chi connectivity index (χ0n) is 15.3. The highest BCUT2D eigenvalue weighted by atomic mass is 19.4. The number of aliphatic hydroxyl groups is 2. The number of ether oxygens (including phenoxy) is 1. The number of nitrogens with two attached hydrogens (primary N) is 1. The van der Waals surface area contributed by atoms with Crippen LogP contribution < -0.4 is 10.5 Å². The number of rotatable bonds is 9. The molecule has 28 heavy (non-hydrogen) atoms. The zero-order valence-corrected chi connectivity index (χ0v) is 15.3. The molecule has 7 heteroatoms. The highest BCUT2D eigenvalue weighted by Gasteiger charge is 2.34. The van der Waals surface area contributed by atoms with Gasteiger partial charge in [-0.2, -0.15) is 13.2 Å². The summed E-state index contributed by atoms with van der Waals surface area (Å²) in [5, 5.41) is 18.3. The maximum atomic E-state index is 13.4. The highest BCUT2D eigenvalue weighted by Crippen LogP contribution is 2.37. The van der Waals surface area contributed by atoms with Gasteiger partial charge in [-0.05, 0) is 36.1 Å². The van der Waals surface area contributed by atoms with Crippen molar-refractivity contribution in [3.05, 3.63) is 71.3 Å². The van der Waals surface area contributed by atoms with E-state index < -0.39 is 30.5 Å². The van der Waals surface area contributed by atoms with Gasteiger partial charge in [0.2, 0.25) is 0 Å². The van der Waals surface area contributed by atoms with Crippen LogP contribution in [-0.2, 0) is 12.6 Å². The number of hydrogen-bond donors (Lipinski definition) is 3. The van der Waals surface area contributed by atoms with Gasteiger partial charge in [0.25, 0.3) is 0 Å². The molecular weight excluding hydrogens is 371 g/mol. The summed E-state index contributed by atoms with van der Waals surface area (Å²) in [5.41, 5.74) is 4.75. The molecule has 4 nitrogen and oxygen atoms in total. The van der Waals surface area contributed by atoms with Gasteiger partial charge in [-0.25, -0.2) is 0 Å². The molecule has 0 saturated heterocycles. The second kappa shape index (κ2) is 9.73. The molecule has 0 aromatic heterocycles. The van der Waals surface area contributed by atoms with Crippen LogP contribution in [0.25, 0.3) is 6.08 Å². The van der Waals surface area contributed by atoms with Crippen LogP contribution in [-0.4, -0.2) is 35.6 Å². The fourth-order valence-electron chi connectivity index (χ4n) is 2.52. The molecule has 152 valence electrons. The summed E-state index contributed by atoms with van der Waals surface area (Å²) in [6.45, 7) is -0.905.